The summed E-state index contributed by atoms with van der Waals surface area (Å²) in [6.07, 6.45) is 0. The van der Waals surface area contributed by atoms with Crippen molar-refractivity contribution in [2.24, 2.45) is 0 Å². The second-order valence-corrected chi connectivity index (χ2v) is 3.47. The number of nitrogens with zero attached hydrogens (tertiary/aromatic N) is 1. The Morgan fingerprint density at radius 1 is 0.850 bits per heavy atom. The Morgan fingerprint density at radius 3 is 2.10 bits per heavy atom. The summed E-state index contributed by atoms with van der Waals surface area (Å²) in [5.74, 6) is -0.00615. The molecule has 106 valence electrons. The van der Waals surface area contributed by atoms with E-state index in [1.165, 1.54) is 6.07 Å². The van der Waals surface area contributed by atoms with Gasteiger partial charge in [-0.05, 0) is 24.3 Å². The Kier molecular flexibility index (Phi) is 6.44. The first-order valence-electron chi connectivity index (χ1n) is 6.95. The fraction of sp³-hybridized carbons (Fsp3) is 0.235. The lowest BCUT2D eigenvalue weighted by molar-refractivity contribution is 0.593. The Balaban J connectivity index is 0.000000461. The van der Waals surface area contributed by atoms with Crippen molar-refractivity contribution in [2.75, 3.05) is 0 Å². The summed E-state index contributed by atoms with van der Waals surface area (Å²) >= 11 is 0. The van der Waals surface area contributed by atoms with Gasteiger partial charge in [0.2, 0.25) is 5.89 Å². The van der Waals surface area contributed by atoms with Crippen LogP contribution in [-0.4, -0.2) is 4.98 Å². The minimum absolute atomic E-state index is 0.319. The summed E-state index contributed by atoms with van der Waals surface area (Å²) < 4.78 is 19.0. The van der Waals surface area contributed by atoms with E-state index in [2.05, 4.69) is 4.98 Å². The monoisotopic (exact) mass is 273 g/mol. The van der Waals surface area contributed by atoms with Gasteiger partial charge >= 0.3 is 0 Å². The molecule has 2 nitrogen and oxygen atoms in total. The van der Waals surface area contributed by atoms with Crippen LogP contribution in [-0.2, 0) is 0 Å². The third-order valence-electron chi connectivity index (χ3n) is 2.40. The van der Waals surface area contributed by atoms with Crippen molar-refractivity contribution in [3.05, 3.63) is 54.3 Å². The van der Waals surface area contributed by atoms with Crippen LogP contribution in [0.3, 0.4) is 0 Å². The predicted octanol–water partition coefficient (Wildman–Crippen LogP) is 5.69. The van der Waals surface area contributed by atoms with E-state index in [1.807, 2.05) is 52.0 Å². The molecule has 0 radical (unpaired) electrons. The summed E-state index contributed by atoms with van der Waals surface area (Å²) in [5.41, 5.74) is 1.79. The number of oxazole rings is 1. The molecule has 0 amide bonds. The van der Waals surface area contributed by atoms with Gasteiger partial charge in [-0.2, -0.15) is 0 Å². The molecule has 1 aromatic heterocycles. The van der Waals surface area contributed by atoms with E-state index >= 15 is 0 Å². The van der Waals surface area contributed by atoms with Gasteiger partial charge in [0.15, 0.2) is 5.58 Å². The molecule has 0 fully saturated rings. The van der Waals surface area contributed by atoms with Crippen LogP contribution >= 0.6 is 0 Å². The molecule has 3 aromatic rings. The Labute approximate surface area is 119 Å². The Bertz CT molecular complexity index is 613. The van der Waals surface area contributed by atoms with Crippen LogP contribution in [0.2, 0.25) is 0 Å². The lowest BCUT2D eigenvalue weighted by Crippen LogP contribution is -1.82. The van der Waals surface area contributed by atoms with E-state index < -0.39 is 0 Å². The van der Waals surface area contributed by atoms with E-state index in [-0.39, 0.29) is 5.82 Å². The largest absolute Gasteiger partial charge is 0.436 e. The SMILES string of the molecule is CC.CC.Fc1ccccc1-c1nc2ccccc2o1. The molecule has 3 heteroatoms. The number of aromatic nitrogens is 1. The molecule has 0 bridgehead atoms. The Morgan fingerprint density at radius 2 is 1.45 bits per heavy atom. The van der Waals surface area contributed by atoms with Crippen LogP contribution in [0.5, 0.6) is 0 Å². The molecule has 20 heavy (non-hydrogen) atoms. The summed E-state index contributed by atoms with van der Waals surface area (Å²) in [4.78, 5) is 4.24. The van der Waals surface area contributed by atoms with E-state index in [1.54, 1.807) is 18.2 Å². The maximum atomic E-state index is 13.5. The number of halogens is 1. The van der Waals surface area contributed by atoms with Crippen LogP contribution in [0, 0.1) is 5.82 Å². The molecule has 0 atom stereocenters. The minimum Gasteiger partial charge on any atom is -0.436 e. The standard InChI is InChI=1S/C13H8FNO.2C2H6/c14-10-6-2-1-5-9(10)13-15-11-7-3-4-8-12(11)16-13;2*1-2/h1-8H;2*1-2H3. The van der Waals surface area contributed by atoms with Gasteiger partial charge < -0.3 is 4.42 Å². The lowest BCUT2D eigenvalue weighted by Gasteiger charge is -1.95. The first kappa shape index (κ1) is 15.9. The maximum absolute atomic E-state index is 13.5. The van der Waals surface area contributed by atoms with Crippen molar-refractivity contribution in [2.45, 2.75) is 27.7 Å². The van der Waals surface area contributed by atoms with Gasteiger partial charge in [-0.3, -0.25) is 0 Å². The van der Waals surface area contributed by atoms with Gasteiger partial charge in [-0.25, -0.2) is 9.37 Å². The molecule has 2 aromatic carbocycles. The number of hydrogen-bond acceptors (Lipinski definition) is 2. The predicted molar refractivity (Wildman–Crippen MR) is 82.1 cm³/mol. The maximum Gasteiger partial charge on any atom is 0.230 e. The first-order chi connectivity index (χ1) is 9.84. The highest BCUT2D eigenvalue weighted by atomic mass is 19.1. The first-order valence-corrected chi connectivity index (χ1v) is 6.95. The Hall–Kier alpha value is -2.16. The van der Waals surface area contributed by atoms with Crippen LogP contribution in [0.1, 0.15) is 27.7 Å². The van der Waals surface area contributed by atoms with Crippen molar-refractivity contribution >= 4 is 11.1 Å². The quantitative estimate of drug-likeness (QED) is 0.569. The molecular formula is C17H20FNO. The molecule has 3 rings (SSSR count). The second-order valence-electron chi connectivity index (χ2n) is 3.47. The molecule has 0 N–H and O–H groups in total. The van der Waals surface area contributed by atoms with E-state index in [0.717, 1.165) is 5.52 Å². The van der Waals surface area contributed by atoms with Crippen LogP contribution in [0.4, 0.5) is 4.39 Å². The molecule has 0 spiro atoms. The number of fused-ring (bicyclic) bond motifs is 1. The average molecular weight is 273 g/mol. The molecule has 0 aliphatic carbocycles. The fourth-order valence-electron chi connectivity index (χ4n) is 1.62. The van der Waals surface area contributed by atoms with Crippen molar-refractivity contribution < 1.29 is 8.81 Å². The molecule has 0 saturated heterocycles. The number of hydrogen-bond donors (Lipinski definition) is 0. The normalized spacial score (nSPS) is 9.25. The van der Waals surface area contributed by atoms with Crippen molar-refractivity contribution in [3.63, 3.8) is 0 Å². The molecular weight excluding hydrogens is 253 g/mol. The van der Waals surface area contributed by atoms with Crippen molar-refractivity contribution in [1.29, 1.82) is 0 Å². The van der Waals surface area contributed by atoms with Gasteiger partial charge in [-0.15, -0.1) is 0 Å². The highest BCUT2D eigenvalue weighted by Crippen LogP contribution is 2.25. The summed E-state index contributed by atoms with van der Waals surface area (Å²) in [5, 5.41) is 0. The minimum atomic E-state index is -0.325. The third-order valence-corrected chi connectivity index (χ3v) is 2.40. The zero-order valence-corrected chi connectivity index (χ0v) is 12.4. The van der Waals surface area contributed by atoms with Crippen molar-refractivity contribution in [3.8, 4) is 11.5 Å². The number of rotatable bonds is 1. The van der Waals surface area contributed by atoms with Crippen LogP contribution in [0.15, 0.2) is 52.9 Å². The summed E-state index contributed by atoms with van der Waals surface area (Å²) in [6.45, 7) is 8.00. The number of benzene rings is 2. The molecule has 0 aliphatic heterocycles. The molecule has 0 saturated carbocycles. The average Bonchev–Trinajstić information content (AvgIpc) is 2.95. The van der Waals surface area contributed by atoms with Gasteiger partial charge in [-0.1, -0.05) is 52.0 Å². The topological polar surface area (TPSA) is 26.0 Å². The summed E-state index contributed by atoms with van der Waals surface area (Å²) in [7, 11) is 0. The van der Waals surface area contributed by atoms with Crippen LogP contribution in [0.25, 0.3) is 22.6 Å². The molecule has 1 heterocycles. The van der Waals surface area contributed by atoms with Crippen molar-refractivity contribution in [1.82, 2.24) is 4.98 Å². The van der Waals surface area contributed by atoms with E-state index in [4.69, 9.17) is 4.42 Å². The second kappa shape index (κ2) is 8.10. The van der Waals surface area contributed by atoms with Crippen LogP contribution < -0.4 is 0 Å². The van der Waals surface area contributed by atoms with Gasteiger partial charge in [0.1, 0.15) is 11.3 Å². The lowest BCUT2D eigenvalue weighted by atomic mass is 10.2. The summed E-state index contributed by atoms with van der Waals surface area (Å²) in [6, 6.07) is 13.8. The van der Waals surface area contributed by atoms with E-state index in [9.17, 15) is 4.39 Å². The fourth-order valence-corrected chi connectivity index (χ4v) is 1.62. The molecule has 0 unspecified atom stereocenters. The van der Waals surface area contributed by atoms with Gasteiger partial charge in [0, 0.05) is 0 Å². The third kappa shape index (κ3) is 3.44. The highest BCUT2D eigenvalue weighted by Gasteiger charge is 2.10. The van der Waals surface area contributed by atoms with Gasteiger partial charge in [0.25, 0.3) is 0 Å². The van der Waals surface area contributed by atoms with Gasteiger partial charge in [0.05, 0.1) is 5.56 Å². The molecule has 0 aliphatic rings. The zero-order valence-electron chi connectivity index (χ0n) is 12.4. The van der Waals surface area contributed by atoms with E-state index in [0.29, 0.717) is 17.0 Å². The highest BCUT2D eigenvalue weighted by molar-refractivity contribution is 5.75. The smallest absolute Gasteiger partial charge is 0.230 e. The number of para-hydroxylation sites is 2. The zero-order chi connectivity index (χ0) is 15.0.